The molecule has 1 aromatic carbocycles. The van der Waals surface area contributed by atoms with E-state index in [0.29, 0.717) is 0 Å². The van der Waals surface area contributed by atoms with Crippen molar-refractivity contribution >= 4 is 17.2 Å². The topological polar surface area (TPSA) is 32.3 Å². The third-order valence-corrected chi connectivity index (χ3v) is 4.87. The molecule has 4 heteroatoms. The molecule has 2 aromatic rings. The Labute approximate surface area is 129 Å². The number of carbonyl (C=O) groups is 1. The van der Waals surface area contributed by atoms with Gasteiger partial charge in [-0.1, -0.05) is 37.3 Å². The lowest BCUT2D eigenvalue weighted by molar-refractivity contribution is 0.0639. The number of aryl methyl sites for hydroxylation is 1. The SMILES string of the molecule is CCc1ccc(C2CNCCN2C(=O)c2cccs2)cc1. The van der Waals surface area contributed by atoms with Crippen molar-refractivity contribution in [1.29, 1.82) is 0 Å². The fourth-order valence-corrected chi connectivity index (χ4v) is 3.44. The fraction of sp³-hybridized carbons (Fsp3) is 0.353. The molecule has 0 aliphatic carbocycles. The summed E-state index contributed by atoms with van der Waals surface area (Å²) in [5.41, 5.74) is 2.54. The molecular formula is C17H20N2OS. The zero-order chi connectivity index (χ0) is 14.7. The number of benzene rings is 1. The van der Waals surface area contributed by atoms with Gasteiger partial charge in [0.15, 0.2) is 0 Å². The van der Waals surface area contributed by atoms with Crippen LogP contribution >= 0.6 is 11.3 Å². The second-order valence-electron chi connectivity index (χ2n) is 5.29. The van der Waals surface area contributed by atoms with Gasteiger partial charge in [0.05, 0.1) is 10.9 Å². The number of hydrogen-bond acceptors (Lipinski definition) is 3. The van der Waals surface area contributed by atoms with Crippen LogP contribution in [0.4, 0.5) is 0 Å². The minimum absolute atomic E-state index is 0.124. The van der Waals surface area contributed by atoms with Crippen molar-refractivity contribution in [2.45, 2.75) is 19.4 Å². The Balaban J connectivity index is 1.85. The van der Waals surface area contributed by atoms with Crippen LogP contribution in [0.5, 0.6) is 0 Å². The van der Waals surface area contributed by atoms with Crippen LogP contribution < -0.4 is 5.32 Å². The van der Waals surface area contributed by atoms with E-state index in [0.717, 1.165) is 30.9 Å². The maximum absolute atomic E-state index is 12.7. The van der Waals surface area contributed by atoms with Gasteiger partial charge in [-0.3, -0.25) is 4.79 Å². The van der Waals surface area contributed by atoms with Crippen LogP contribution in [0.2, 0.25) is 0 Å². The van der Waals surface area contributed by atoms with Gasteiger partial charge >= 0.3 is 0 Å². The van der Waals surface area contributed by atoms with E-state index in [1.165, 1.54) is 22.5 Å². The third-order valence-electron chi connectivity index (χ3n) is 4.01. The van der Waals surface area contributed by atoms with Crippen molar-refractivity contribution in [3.8, 4) is 0 Å². The van der Waals surface area contributed by atoms with Crippen LogP contribution in [0, 0.1) is 0 Å². The van der Waals surface area contributed by atoms with E-state index in [1.807, 2.05) is 22.4 Å². The molecule has 0 bridgehead atoms. The van der Waals surface area contributed by atoms with Gasteiger partial charge in [0.2, 0.25) is 0 Å². The summed E-state index contributed by atoms with van der Waals surface area (Å²) >= 11 is 1.52. The smallest absolute Gasteiger partial charge is 0.264 e. The average molecular weight is 300 g/mol. The summed E-state index contributed by atoms with van der Waals surface area (Å²) < 4.78 is 0. The van der Waals surface area contributed by atoms with Crippen molar-refractivity contribution < 1.29 is 4.79 Å². The van der Waals surface area contributed by atoms with Crippen LogP contribution in [0.3, 0.4) is 0 Å². The van der Waals surface area contributed by atoms with Crippen LogP contribution in [0.15, 0.2) is 41.8 Å². The molecule has 3 nitrogen and oxygen atoms in total. The molecule has 110 valence electrons. The van der Waals surface area contributed by atoms with Gasteiger partial charge in [0.1, 0.15) is 0 Å². The summed E-state index contributed by atoms with van der Waals surface area (Å²) in [4.78, 5) is 15.5. The Morgan fingerprint density at radius 1 is 1.33 bits per heavy atom. The standard InChI is InChI=1S/C17H20N2OS/c1-2-13-5-7-14(8-6-13)15-12-18-9-10-19(15)17(20)16-4-3-11-21-16/h3-8,11,15,18H,2,9-10,12H2,1H3. The molecule has 1 aliphatic rings. The fourth-order valence-electron chi connectivity index (χ4n) is 2.76. The Morgan fingerprint density at radius 2 is 2.14 bits per heavy atom. The monoisotopic (exact) mass is 300 g/mol. The van der Waals surface area contributed by atoms with E-state index in [-0.39, 0.29) is 11.9 Å². The summed E-state index contributed by atoms with van der Waals surface area (Å²) in [5.74, 6) is 0.149. The van der Waals surface area contributed by atoms with Crippen LogP contribution in [-0.4, -0.2) is 30.4 Å². The van der Waals surface area contributed by atoms with Gasteiger partial charge in [-0.05, 0) is 29.0 Å². The number of carbonyl (C=O) groups excluding carboxylic acids is 1. The Bertz CT molecular complexity index is 592. The number of thiophene rings is 1. The molecular weight excluding hydrogens is 280 g/mol. The summed E-state index contributed by atoms with van der Waals surface area (Å²) in [7, 11) is 0. The Morgan fingerprint density at radius 3 is 2.81 bits per heavy atom. The number of piperazine rings is 1. The van der Waals surface area contributed by atoms with Crippen LogP contribution in [0.25, 0.3) is 0 Å². The van der Waals surface area contributed by atoms with Crippen LogP contribution in [0.1, 0.15) is 33.8 Å². The summed E-state index contributed by atoms with van der Waals surface area (Å²) in [6, 6.07) is 12.6. The number of nitrogens with zero attached hydrogens (tertiary/aromatic N) is 1. The number of amides is 1. The highest BCUT2D eigenvalue weighted by molar-refractivity contribution is 7.12. The van der Waals surface area contributed by atoms with Crippen molar-refractivity contribution in [3.63, 3.8) is 0 Å². The van der Waals surface area contributed by atoms with E-state index in [2.05, 4.69) is 36.5 Å². The molecule has 1 aromatic heterocycles. The third kappa shape index (κ3) is 3.01. The lowest BCUT2D eigenvalue weighted by Crippen LogP contribution is -2.48. The zero-order valence-corrected chi connectivity index (χ0v) is 13.0. The maximum Gasteiger partial charge on any atom is 0.264 e. The highest BCUT2D eigenvalue weighted by Crippen LogP contribution is 2.25. The number of nitrogens with one attached hydrogen (secondary N) is 1. The molecule has 0 saturated carbocycles. The average Bonchev–Trinajstić information content (AvgIpc) is 3.09. The first-order chi connectivity index (χ1) is 10.3. The van der Waals surface area contributed by atoms with Gasteiger partial charge in [-0.15, -0.1) is 11.3 Å². The summed E-state index contributed by atoms with van der Waals surface area (Å²) in [6.07, 6.45) is 1.04. The van der Waals surface area contributed by atoms with Crippen LogP contribution in [-0.2, 0) is 6.42 Å². The lowest BCUT2D eigenvalue weighted by atomic mass is 10.0. The van der Waals surface area contributed by atoms with Gasteiger partial charge < -0.3 is 10.2 Å². The Hall–Kier alpha value is -1.65. The second kappa shape index (κ2) is 6.41. The highest BCUT2D eigenvalue weighted by Gasteiger charge is 2.28. The van der Waals surface area contributed by atoms with E-state index in [1.54, 1.807) is 0 Å². The molecule has 0 spiro atoms. The first-order valence-electron chi connectivity index (χ1n) is 7.43. The second-order valence-corrected chi connectivity index (χ2v) is 6.24. The van der Waals surface area contributed by atoms with Gasteiger partial charge in [0, 0.05) is 19.6 Å². The predicted molar refractivity (Wildman–Crippen MR) is 86.8 cm³/mol. The molecule has 1 saturated heterocycles. The van der Waals surface area contributed by atoms with E-state index in [4.69, 9.17) is 0 Å². The predicted octanol–water partition coefficient (Wildman–Crippen LogP) is 3.10. The first-order valence-corrected chi connectivity index (χ1v) is 8.31. The molecule has 1 N–H and O–H groups in total. The maximum atomic E-state index is 12.7. The van der Waals surface area contributed by atoms with E-state index in [9.17, 15) is 4.79 Å². The van der Waals surface area contributed by atoms with Crippen molar-refractivity contribution in [1.82, 2.24) is 10.2 Å². The minimum atomic E-state index is 0.124. The van der Waals surface area contributed by atoms with Crippen molar-refractivity contribution in [3.05, 3.63) is 57.8 Å². The number of hydrogen-bond donors (Lipinski definition) is 1. The Kier molecular flexibility index (Phi) is 4.36. The molecule has 1 fully saturated rings. The first kappa shape index (κ1) is 14.3. The molecule has 1 atom stereocenters. The molecule has 1 unspecified atom stereocenters. The van der Waals surface area contributed by atoms with E-state index < -0.39 is 0 Å². The van der Waals surface area contributed by atoms with Gasteiger partial charge in [-0.2, -0.15) is 0 Å². The molecule has 1 amide bonds. The van der Waals surface area contributed by atoms with Crippen molar-refractivity contribution in [2.75, 3.05) is 19.6 Å². The molecule has 0 radical (unpaired) electrons. The zero-order valence-electron chi connectivity index (χ0n) is 12.2. The highest BCUT2D eigenvalue weighted by atomic mass is 32.1. The molecule has 1 aliphatic heterocycles. The van der Waals surface area contributed by atoms with Gasteiger partial charge in [0.25, 0.3) is 5.91 Å². The lowest BCUT2D eigenvalue weighted by Gasteiger charge is -2.36. The molecule has 3 rings (SSSR count). The summed E-state index contributed by atoms with van der Waals surface area (Å²) in [5, 5.41) is 5.36. The quantitative estimate of drug-likeness (QED) is 0.944. The minimum Gasteiger partial charge on any atom is -0.328 e. The largest absolute Gasteiger partial charge is 0.328 e. The molecule has 2 heterocycles. The van der Waals surface area contributed by atoms with Crippen molar-refractivity contribution in [2.24, 2.45) is 0 Å². The van der Waals surface area contributed by atoms with Gasteiger partial charge in [-0.25, -0.2) is 0 Å². The summed E-state index contributed by atoms with van der Waals surface area (Å²) in [6.45, 7) is 4.60. The number of rotatable bonds is 3. The normalized spacial score (nSPS) is 18.7. The van der Waals surface area contributed by atoms with E-state index >= 15 is 0 Å². The molecule has 21 heavy (non-hydrogen) atoms.